The molecule has 16 heavy (non-hydrogen) atoms. The van der Waals surface area contributed by atoms with E-state index >= 15 is 0 Å². The van der Waals surface area contributed by atoms with Gasteiger partial charge in [0, 0.05) is 23.3 Å². The van der Waals surface area contributed by atoms with Gasteiger partial charge in [-0.3, -0.25) is 5.10 Å². The fraction of sp³-hybridized carbons (Fsp3) is 0.769. The van der Waals surface area contributed by atoms with Crippen LogP contribution in [0.25, 0.3) is 0 Å². The monoisotopic (exact) mass is 221 g/mol. The van der Waals surface area contributed by atoms with Crippen LogP contribution in [0.3, 0.4) is 0 Å². The van der Waals surface area contributed by atoms with E-state index in [9.17, 15) is 0 Å². The highest BCUT2D eigenvalue weighted by Crippen LogP contribution is 2.26. The Labute approximate surface area is 98.0 Å². The average molecular weight is 221 g/mol. The zero-order chi connectivity index (χ0) is 11.5. The Morgan fingerprint density at radius 2 is 2.19 bits per heavy atom. The van der Waals surface area contributed by atoms with Crippen molar-refractivity contribution in [3.63, 3.8) is 0 Å². The van der Waals surface area contributed by atoms with Gasteiger partial charge in [-0.25, -0.2) is 0 Å². The zero-order valence-electron chi connectivity index (χ0n) is 10.6. The van der Waals surface area contributed by atoms with Gasteiger partial charge in [0.1, 0.15) is 0 Å². The number of aromatic amines is 1. The molecule has 1 fully saturated rings. The van der Waals surface area contributed by atoms with Crippen LogP contribution in [0.4, 0.5) is 0 Å². The molecule has 0 bridgehead atoms. The van der Waals surface area contributed by atoms with Crippen LogP contribution in [-0.4, -0.2) is 16.2 Å². The van der Waals surface area contributed by atoms with Crippen molar-refractivity contribution in [2.24, 2.45) is 5.92 Å². The molecule has 2 rings (SSSR count). The first-order valence-electron chi connectivity index (χ1n) is 6.44. The lowest BCUT2D eigenvalue weighted by molar-refractivity contribution is 0.263. The number of rotatable bonds is 3. The number of aryl methyl sites for hydroxylation is 1. The molecule has 1 aliphatic rings. The van der Waals surface area contributed by atoms with E-state index in [4.69, 9.17) is 0 Å². The van der Waals surface area contributed by atoms with Crippen molar-refractivity contribution < 1.29 is 0 Å². The average Bonchev–Trinajstić information content (AvgIpc) is 2.68. The fourth-order valence-corrected chi connectivity index (χ4v) is 2.77. The molecule has 1 heterocycles. The van der Waals surface area contributed by atoms with Gasteiger partial charge in [-0.2, -0.15) is 5.10 Å². The molecule has 1 aromatic heterocycles. The summed E-state index contributed by atoms with van der Waals surface area (Å²) >= 11 is 0. The third-order valence-electron chi connectivity index (χ3n) is 3.91. The minimum absolute atomic E-state index is 0.407. The van der Waals surface area contributed by atoms with Crippen molar-refractivity contribution >= 4 is 0 Å². The zero-order valence-corrected chi connectivity index (χ0v) is 10.6. The molecule has 3 heteroatoms. The molecule has 0 spiro atoms. The Morgan fingerprint density at radius 1 is 1.44 bits per heavy atom. The molecular formula is C13H23N3. The lowest BCUT2D eigenvalue weighted by atomic mass is 9.85. The maximum Gasteiger partial charge on any atom is 0.0537 e. The first kappa shape index (κ1) is 11.6. The standard InChI is InChI=1S/C13H23N3/c1-9-6-4-5-7-13(9)15-10(2)12-8-14-16-11(12)3/h8-10,13,15H,4-7H2,1-3H3,(H,14,16). The van der Waals surface area contributed by atoms with E-state index in [0.717, 1.165) is 5.92 Å². The summed E-state index contributed by atoms with van der Waals surface area (Å²) in [6.45, 7) is 6.69. The second-order valence-electron chi connectivity index (χ2n) is 5.21. The van der Waals surface area contributed by atoms with E-state index in [1.54, 1.807) is 0 Å². The predicted molar refractivity (Wildman–Crippen MR) is 66.3 cm³/mol. The van der Waals surface area contributed by atoms with Crippen molar-refractivity contribution in [3.8, 4) is 0 Å². The number of nitrogens with one attached hydrogen (secondary N) is 2. The summed E-state index contributed by atoms with van der Waals surface area (Å²) in [6, 6.07) is 1.09. The third kappa shape index (κ3) is 2.46. The SMILES string of the molecule is Cc1[nH]ncc1C(C)NC1CCCCC1C. The van der Waals surface area contributed by atoms with Crippen LogP contribution in [0.5, 0.6) is 0 Å². The largest absolute Gasteiger partial charge is 0.307 e. The lowest BCUT2D eigenvalue weighted by Gasteiger charge is -2.32. The van der Waals surface area contributed by atoms with Gasteiger partial charge in [0.15, 0.2) is 0 Å². The molecule has 0 saturated heterocycles. The summed E-state index contributed by atoms with van der Waals surface area (Å²) in [6.07, 6.45) is 7.41. The molecule has 3 unspecified atom stereocenters. The van der Waals surface area contributed by atoms with Gasteiger partial charge in [0.05, 0.1) is 6.20 Å². The van der Waals surface area contributed by atoms with Crippen LogP contribution < -0.4 is 5.32 Å². The minimum atomic E-state index is 0.407. The number of hydrogen-bond acceptors (Lipinski definition) is 2. The molecule has 0 radical (unpaired) electrons. The van der Waals surface area contributed by atoms with E-state index < -0.39 is 0 Å². The first-order chi connectivity index (χ1) is 7.68. The van der Waals surface area contributed by atoms with E-state index in [1.165, 1.54) is 36.9 Å². The minimum Gasteiger partial charge on any atom is -0.307 e. The molecule has 2 N–H and O–H groups in total. The Morgan fingerprint density at radius 3 is 2.81 bits per heavy atom. The van der Waals surface area contributed by atoms with Crippen molar-refractivity contribution in [2.45, 2.75) is 58.5 Å². The van der Waals surface area contributed by atoms with Crippen LogP contribution in [0.1, 0.15) is 56.8 Å². The Hall–Kier alpha value is -0.830. The van der Waals surface area contributed by atoms with Gasteiger partial charge in [-0.05, 0) is 32.6 Å². The number of H-pyrrole nitrogens is 1. The molecule has 3 atom stereocenters. The third-order valence-corrected chi connectivity index (χ3v) is 3.91. The maximum absolute atomic E-state index is 4.09. The van der Waals surface area contributed by atoms with Crippen molar-refractivity contribution in [3.05, 3.63) is 17.5 Å². The predicted octanol–water partition coefficient (Wildman–Crippen LogP) is 2.95. The molecular weight excluding hydrogens is 198 g/mol. The quantitative estimate of drug-likeness (QED) is 0.824. The molecule has 1 aliphatic carbocycles. The van der Waals surface area contributed by atoms with Gasteiger partial charge in [-0.1, -0.05) is 19.8 Å². The van der Waals surface area contributed by atoms with Crippen LogP contribution in [0.2, 0.25) is 0 Å². The Balaban J connectivity index is 1.96. The molecule has 0 aliphatic heterocycles. The van der Waals surface area contributed by atoms with E-state index in [2.05, 4.69) is 36.3 Å². The van der Waals surface area contributed by atoms with Crippen molar-refractivity contribution in [1.82, 2.24) is 15.5 Å². The number of aromatic nitrogens is 2. The second kappa shape index (κ2) is 5.00. The van der Waals surface area contributed by atoms with Crippen molar-refractivity contribution in [1.29, 1.82) is 0 Å². The maximum atomic E-state index is 4.09. The Kier molecular flexibility index (Phi) is 3.64. The highest BCUT2D eigenvalue weighted by atomic mass is 15.1. The first-order valence-corrected chi connectivity index (χ1v) is 6.44. The van der Waals surface area contributed by atoms with Crippen LogP contribution in [-0.2, 0) is 0 Å². The Bertz CT molecular complexity index is 332. The molecule has 1 aromatic rings. The van der Waals surface area contributed by atoms with Gasteiger partial charge in [-0.15, -0.1) is 0 Å². The summed E-state index contributed by atoms with van der Waals surface area (Å²) < 4.78 is 0. The molecule has 0 amide bonds. The second-order valence-corrected chi connectivity index (χ2v) is 5.21. The summed E-state index contributed by atoms with van der Waals surface area (Å²) in [5, 5.41) is 10.8. The normalized spacial score (nSPS) is 27.9. The highest BCUT2D eigenvalue weighted by Gasteiger charge is 2.23. The van der Waals surface area contributed by atoms with Gasteiger partial charge < -0.3 is 5.32 Å². The highest BCUT2D eigenvalue weighted by molar-refractivity contribution is 5.18. The van der Waals surface area contributed by atoms with Crippen LogP contribution >= 0.6 is 0 Å². The van der Waals surface area contributed by atoms with Crippen molar-refractivity contribution in [2.75, 3.05) is 0 Å². The number of nitrogens with zero attached hydrogens (tertiary/aromatic N) is 1. The fourth-order valence-electron chi connectivity index (χ4n) is 2.77. The smallest absolute Gasteiger partial charge is 0.0537 e. The van der Waals surface area contributed by atoms with Gasteiger partial charge >= 0.3 is 0 Å². The summed E-state index contributed by atoms with van der Waals surface area (Å²) in [7, 11) is 0. The van der Waals surface area contributed by atoms with Crippen LogP contribution in [0, 0.1) is 12.8 Å². The van der Waals surface area contributed by atoms with E-state index in [0.29, 0.717) is 12.1 Å². The van der Waals surface area contributed by atoms with E-state index in [-0.39, 0.29) is 0 Å². The van der Waals surface area contributed by atoms with Gasteiger partial charge in [0.2, 0.25) is 0 Å². The summed E-state index contributed by atoms with van der Waals surface area (Å²) in [5.41, 5.74) is 2.49. The number of hydrogen-bond donors (Lipinski definition) is 2. The van der Waals surface area contributed by atoms with E-state index in [1.807, 2.05) is 6.20 Å². The molecule has 0 aromatic carbocycles. The molecule has 90 valence electrons. The summed E-state index contributed by atoms with van der Waals surface area (Å²) in [5.74, 6) is 0.809. The molecule has 3 nitrogen and oxygen atoms in total. The molecule has 1 saturated carbocycles. The van der Waals surface area contributed by atoms with Gasteiger partial charge in [0.25, 0.3) is 0 Å². The van der Waals surface area contributed by atoms with Crippen LogP contribution in [0.15, 0.2) is 6.20 Å². The lowest BCUT2D eigenvalue weighted by Crippen LogP contribution is -2.38. The summed E-state index contributed by atoms with van der Waals surface area (Å²) in [4.78, 5) is 0. The topological polar surface area (TPSA) is 40.7 Å².